The van der Waals surface area contributed by atoms with E-state index in [2.05, 4.69) is 15.2 Å². The topological polar surface area (TPSA) is 87.0 Å². The molecular weight excluding hydrogens is 462 g/mol. The van der Waals surface area contributed by atoms with Crippen molar-refractivity contribution in [3.63, 3.8) is 0 Å². The first-order valence-electron chi connectivity index (χ1n) is 11.9. The molecule has 1 N–H and O–H groups in total. The normalized spacial score (nSPS) is 16.6. The first kappa shape index (κ1) is 21.9. The molecule has 0 radical (unpaired) electrons. The summed E-state index contributed by atoms with van der Waals surface area (Å²) in [6.07, 6.45) is 3.55. The highest BCUT2D eigenvalue weighted by Gasteiger charge is 2.31. The molecule has 35 heavy (non-hydrogen) atoms. The molecule has 1 aliphatic heterocycles. The van der Waals surface area contributed by atoms with Crippen LogP contribution in [0.5, 0.6) is 0 Å². The summed E-state index contributed by atoms with van der Waals surface area (Å²) in [6, 6.07) is 13.3. The Morgan fingerprint density at radius 2 is 1.77 bits per heavy atom. The maximum Gasteiger partial charge on any atom is 0.258 e. The predicted molar refractivity (Wildman–Crippen MR) is 136 cm³/mol. The van der Waals surface area contributed by atoms with Crippen molar-refractivity contribution in [2.24, 2.45) is 5.92 Å². The van der Waals surface area contributed by atoms with E-state index in [4.69, 9.17) is 0 Å². The second kappa shape index (κ2) is 8.90. The van der Waals surface area contributed by atoms with Gasteiger partial charge in [0.05, 0.1) is 16.9 Å². The Labute approximate surface area is 205 Å². The monoisotopic (exact) mass is 487 g/mol. The summed E-state index contributed by atoms with van der Waals surface area (Å²) in [6.45, 7) is 3.09. The van der Waals surface area contributed by atoms with E-state index in [0.717, 1.165) is 29.3 Å². The van der Waals surface area contributed by atoms with Crippen molar-refractivity contribution in [1.82, 2.24) is 19.2 Å². The lowest BCUT2D eigenvalue weighted by molar-refractivity contribution is -0.117. The summed E-state index contributed by atoms with van der Waals surface area (Å²) >= 11 is 1.44. The molecular formula is C26H25N5O3S. The number of carbonyl (C=O) groups is 2. The molecule has 2 amide bonds. The molecule has 4 aromatic rings. The molecule has 2 aromatic carbocycles. The highest BCUT2D eigenvalue weighted by atomic mass is 32.1. The van der Waals surface area contributed by atoms with Gasteiger partial charge in [-0.15, -0.1) is 11.3 Å². The molecule has 2 fully saturated rings. The number of piperazine rings is 1. The van der Waals surface area contributed by atoms with E-state index in [1.807, 2.05) is 46.7 Å². The number of anilines is 1. The predicted octanol–water partition coefficient (Wildman–Crippen LogP) is 3.22. The third kappa shape index (κ3) is 4.44. The van der Waals surface area contributed by atoms with Crippen LogP contribution in [-0.4, -0.2) is 57.2 Å². The Balaban J connectivity index is 1.18. The van der Waals surface area contributed by atoms with E-state index in [0.29, 0.717) is 48.9 Å². The summed E-state index contributed by atoms with van der Waals surface area (Å²) in [4.78, 5) is 47.7. The van der Waals surface area contributed by atoms with Crippen molar-refractivity contribution in [3.05, 3.63) is 75.7 Å². The molecule has 0 atom stereocenters. The van der Waals surface area contributed by atoms with Crippen LogP contribution in [-0.2, 0) is 11.3 Å². The lowest BCUT2D eigenvalue weighted by atomic mass is 10.0. The Morgan fingerprint density at radius 1 is 1.03 bits per heavy atom. The lowest BCUT2D eigenvalue weighted by Crippen LogP contribution is -2.48. The van der Waals surface area contributed by atoms with Crippen LogP contribution in [0.1, 0.15) is 28.9 Å². The molecule has 178 valence electrons. The molecule has 2 aliphatic rings. The molecule has 2 aromatic heterocycles. The quantitative estimate of drug-likeness (QED) is 0.467. The number of hydrogen-bond donors (Lipinski definition) is 1. The summed E-state index contributed by atoms with van der Waals surface area (Å²) in [5.74, 6) is -0.0221. The number of nitrogens with one attached hydrogen (secondary N) is 1. The van der Waals surface area contributed by atoms with Gasteiger partial charge in [-0.05, 0) is 35.7 Å². The number of nitrogens with zero attached hydrogens (tertiary/aromatic N) is 4. The van der Waals surface area contributed by atoms with Gasteiger partial charge in [0.1, 0.15) is 0 Å². The van der Waals surface area contributed by atoms with E-state index in [1.54, 1.807) is 16.7 Å². The Kier molecular flexibility index (Phi) is 5.58. The highest BCUT2D eigenvalue weighted by Crippen LogP contribution is 2.32. The average molecular weight is 488 g/mol. The molecule has 1 aliphatic carbocycles. The first-order chi connectivity index (χ1) is 17.0. The number of thiazole rings is 1. The van der Waals surface area contributed by atoms with Crippen molar-refractivity contribution in [1.29, 1.82) is 0 Å². The molecule has 0 bridgehead atoms. The molecule has 1 saturated heterocycles. The first-order valence-corrected chi connectivity index (χ1v) is 12.7. The minimum atomic E-state index is -0.0721. The molecule has 8 nitrogen and oxygen atoms in total. The van der Waals surface area contributed by atoms with Gasteiger partial charge in [-0.1, -0.05) is 24.3 Å². The maximum atomic E-state index is 13.6. The fourth-order valence-electron chi connectivity index (χ4n) is 4.58. The lowest BCUT2D eigenvalue weighted by Gasteiger charge is -2.35. The summed E-state index contributed by atoms with van der Waals surface area (Å²) in [7, 11) is 0. The van der Waals surface area contributed by atoms with Crippen LogP contribution in [0.15, 0.2) is 58.8 Å². The third-order valence-electron chi connectivity index (χ3n) is 6.72. The van der Waals surface area contributed by atoms with Crippen molar-refractivity contribution in [2.75, 3.05) is 31.5 Å². The zero-order valence-corrected chi connectivity index (χ0v) is 20.0. The number of amides is 2. The van der Waals surface area contributed by atoms with Crippen molar-refractivity contribution < 1.29 is 9.59 Å². The standard InChI is InChI=1S/C26H25N5O3S/c32-23-15-20(27-26-31(23)11-12-35-26)16-29-7-9-30(10-8-29)25(34)21-13-18-3-1-2-4-19(18)14-22(21)28-24(33)17-5-6-17/h1-4,11-15,17H,5-10,16H2,(H,28,33). The fourth-order valence-corrected chi connectivity index (χ4v) is 5.32. The molecule has 1 saturated carbocycles. The van der Waals surface area contributed by atoms with Crippen LogP contribution >= 0.6 is 11.3 Å². The van der Waals surface area contributed by atoms with Gasteiger partial charge in [-0.3, -0.25) is 23.7 Å². The van der Waals surface area contributed by atoms with Gasteiger partial charge in [-0.2, -0.15) is 0 Å². The molecule has 0 spiro atoms. The average Bonchev–Trinajstić information content (AvgIpc) is 3.61. The van der Waals surface area contributed by atoms with E-state index < -0.39 is 0 Å². The van der Waals surface area contributed by atoms with Crippen LogP contribution in [0.4, 0.5) is 5.69 Å². The number of hydrogen-bond acceptors (Lipinski definition) is 6. The maximum absolute atomic E-state index is 13.6. The van der Waals surface area contributed by atoms with Crippen molar-refractivity contribution >= 4 is 44.6 Å². The van der Waals surface area contributed by atoms with Gasteiger partial charge in [0, 0.05) is 56.3 Å². The van der Waals surface area contributed by atoms with Crippen LogP contribution in [0, 0.1) is 5.92 Å². The van der Waals surface area contributed by atoms with Gasteiger partial charge in [0.25, 0.3) is 11.5 Å². The van der Waals surface area contributed by atoms with Gasteiger partial charge in [0.2, 0.25) is 5.91 Å². The molecule has 3 heterocycles. The fraction of sp³-hybridized carbons (Fsp3) is 0.308. The van der Waals surface area contributed by atoms with Crippen molar-refractivity contribution in [3.8, 4) is 0 Å². The Bertz CT molecular complexity index is 1500. The summed E-state index contributed by atoms with van der Waals surface area (Å²) in [5.41, 5.74) is 1.79. The van der Waals surface area contributed by atoms with Gasteiger partial charge in [0.15, 0.2) is 4.96 Å². The van der Waals surface area contributed by atoms with Crippen LogP contribution in [0.25, 0.3) is 15.7 Å². The van der Waals surface area contributed by atoms with Crippen LogP contribution < -0.4 is 10.9 Å². The number of carbonyl (C=O) groups excluding carboxylic acids is 2. The van der Waals surface area contributed by atoms with Crippen molar-refractivity contribution in [2.45, 2.75) is 19.4 Å². The van der Waals surface area contributed by atoms with E-state index >= 15 is 0 Å². The summed E-state index contributed by atoms with van der Waals surface area (Å²) in [5, 5.41) is 6.83. The largest absolute Gasteiger partial charge is 0.336 e. The minimum Gasteiger partial charge on any atom is -0.336 e. The smallest absolute Gasteiger partial charge is 0.258 e. The number of benzene rings is 2. The van der Waals surface area contributed by atoms with E-state index in [1.165, 1.54) is 11.3 Å². The van der Waals surface area contributed by atoms with Crippen LogP contribution in [0.2, 0.25) is 0 Å². The molecule has 6 rings (SSSR count). The molecule has 0 unspecified atom stereocenters. The van der Waals surface area contributed by atoms with Gasteiger partial charge in [-0.25, -0.2) is 4.98 Å². The highest BCUT2D eigenvalue weighted by molar-refractivity contribution is 7.15. The summed E-state index contributed by atoms with van der Waals surface area (Å²) < 4.78 is 1.55. The molecule has 9 heteroatoms. The Hall–Kier alpha value is -3.56. The second-order valence-corrected chi connectivity index (χ2v) is 10.1. The zero-order chi connectivity index (χ0) is 23.9. The number of rotatable bonds is 5. The Morgan fingerprint density at radius 3 is 2.51 bits per heavy atom. The zero-order valence-electron chi connectivity index (χ0n) is 19.1. The second-order valence-electron chi connectivity index (χ2n) is 9.22. The van der Waals surface area contributed by atoms with Crippen LogP contribution in [0.3, 0.4) is 0 Å². The van der Waals surface area contributed by atoms with E-state index in [9.17, 15) is 14.4 Å². The minimum absolute atomic E-state index is 0.00901. The van der Waals surface area contributed by atoms with Gasteiger partial charge < -0.3 is 10.2 Å². The van der Waals surface area contributed by atoms with E-state index in [-0.39, 0.29) is 23.3 Å². The third-order valence-corrected chi connectivity index (χ3v) is 7.48. The van der Waals surface area contributed by atoms with Gasteiger partial charge >= 0.3 is 0 Å². The number of fused-ring (bicyclic) bond motifs is 2. The SMILES string of the molecule is O=C(Nc1cc2ccccc2cc1C(=O)N1CCN(Cc2cc(=O)n3ccsc3n2)CC1)C1CC1. The number of aromatic nitrogens is 2.